The standard InChI is InChI=1S/C37H58N2O2/c1-27(11-16-35(41)38-21-24-39(22-7-8-23-39)26-28-9-5-4-6-10-28)32-14-15-33-31-13-12-29-25-30(40)17-19-36(29,2)34(31)18-20-37(32,33)3/h4-6,9-10,27,29-34,40H,7-8,11-26H2,1-3H3/p+1/t27?,29?,30-,31?,32-,33?,34?,36+,37-/m1/s1. The predicted octanol–water partition coefficient (Wildman–Crippen LogP) is 7.35. The van der Waals surface area contributed by atoms with Gasteiger partial charge in [-0.2, -0.15) is 0 Å². The first-order valence-electron chi connectivity index (χ1n) is 17.6. The molecule has 5 fully saturated rings. The van der Waals surface area contributed by atoms with Crippen molar-refractivity contribution < 1.29 is 14.4 Å². The van der Waals surface area contributed by atoms with Gasteiger partial charge in [0.05, 0.1) is 32.3 Å². The summed E-state index contributed by atoms with van der Waals surface area (Å²) in [6.45, 7) is 13.2. The van der Waals surface area contributed by atoms with Crippen LogP contribution < -0.4 is 5.32 Å². The Labute approximate surface area is 250 Å². The van der Waals surface area contributed by atoms with Crippen molar-refractivity contribution in [3.63, 3.8) is 0 Å². The number of benzene rings is 1. The minimum Gasteiger partial charge on any atom is -0.393 e. The van der Waals surface area contributed by atoms with Gasteiger partial charge in [-0.1, -0.05) is 51.1 Å². The molecule has 41 heavy (non-hydrogen) atoms. The highest BCUT2D eigenvalue weighted by atomic mass is 16.3. The third-order valence-corrected chi connectivity index (χ3v) is 14.0. The van der Waals surface area contributed by atoms with Crippen LogP contribution in [0.5, 0.6) is 0 Å². The Kier molecular flexibility index (Phi) is 8.65. The summed E-state index contributed by atoms with van der Waals surface area (Å²) >= 11 is 0. The lowest BCUT2D eigenvalue weighted by Crippen LogP contribution is -2.54. The Morgan fingerprint density at radius 1 is 0.976 bits per heavy atom. The fraction of sp³-hybridized carbons (Fsp3) is 0.811. The summed E-state index contributed by atoms with van der Waals surface area (Å²) in [7, 11) is 0. The SMILES string of the molecule is CC(CCC(=O)NCC[N+]1(Cc2ccccc2)CCCC1)[C@H]1CCC2C3CCC4C[C@H](O)CC[C@]4(C)C3CC[C@@]21C. The van der Waals surface area contributed by atoms with Crippen LogP contribution in [-0.2, 0) is 11.3 Å². The Bertz CT molecular complexity index is 1040. The second-order valence-corrected chi connectivity index (χ2v) is 16.0. The Morgan fingerprint density at radius 3 is 2.49 bits per heavy atom. The monoisotopic (exact) mass is 563 g/mol. The molecule has 0 aromatic heterocycles. The minimum absolute atomic E-state index is 0.0513. The molecule has 1 aliphatic heterocycles. The van der Waals surface area contributed by atoms with Crippen molar-refractivity contribution >= 4 is 5.91 Å². The van der Waals surface area contributed by atoms with E-state index in [1.165, 1.54) is 76.4 Å². The van der Waals surface area contributed by atoms with Crippen molar-refractivity contribution in [2.24, 2.45) is 46.3 Å². The minimum atomic E-state index is -0.0513. The number of rotatable bonds is 9. The number of fused-ring (bicyclic) bond motifs is 5. The quantitative estimate of drug-likeness (QED) is 0.309. The number of aliphatic hydroxyl groups is 1. The molecular formula is C37H59N2O2+. The number of quaternary nitrogens is 1. The average molecular weight is 564 g/mol. The molecule has 1 aromatic rings. The van der Waals surface area contributed by atoms with E-state index in [1.54, 1.807) is 0 Å². The highest BCUT2D eigenvalue weighted by Crippen LogP contribution is 2.68. The number of hydrogen-bond donors (Lipinski definition) is 2. The molecule has 1 amide bonds. The zero-order chi connectivity index (χ0) is 28.7. The lowest BCUT2D eigenvalue weighted by atomic mass is 9.44. The summed E-state index contributed by atoms with van der Waals surface area (Å²) in [4.78, 5) is 13.0. The molecule has 5 unspecified atom stereocenters. The van der Waals surface area contributed by atoms with Crippen LogP contribution in [0.4, 0.5) is 0 Å². The number of likely N-dealkylation sites (tertiary alicyclic amines) is 1. The molecule has 1 aromatic carbocycles. The van der Waals surface area contributed by atoms with Crippen molar-refractivity contribution in [2.75, 3.05) is 26.2 Å². The molecule has 9 atom stereocenters. The zero-order valence-electron chi connectivity index (χ0n) is 26.5. The van der Waals surface area contributed by atoms with E-state index in [9.17, 15) is 9.90 Å². The van der Waals surface area contributed by atoms with E-state index in [0.717, 1.165) is 73.0 Å². The van der Waals surface area contributed by atoms with Gasteiger partial charge in [-0.25, -0.2) is 0 Å². The normalized spacial score (nSPS) is 40.3. The third kappa shape index (κ3) is 5.78. The maximum Gasteiger partial charge on any atom is 0.220 e. The topological polar surface area (TPSA) is 49.3 Å². The van der Waals surface area contributed by atoms with E-state index in [2.05, 4.69) is 56.4 Å². The molecule has 2 N–H and O–H groups in total. The number of aliphatic hydroxyl groups excluding tert-OH is 1. The van der Waals surface area contributed by atoms with Crippen LogP contribution in [0.3, 0.4) is 0 Å². The van der Waals surface area contributed by atoms with Gasteiger partial charge in [-0.15, -0.1) is 0 Å². The van der Waals surface area contributed by atoms with Crippen LogP contribution in [0.25, 0.3) is 0 Å². The molecule has 0 bridgehead atoms. The molecule has 4 nitrogen and oxygen atoms in total. The number of nitrogens with one attached hydrogen (secondary N) is 1. The molecule has 4 saturated carbocycles. The summed E-state index contributed by atoms with van der Waals surface area (Å²) in [5, 5.41) is 13.7. The van der Waals surface area contributed by atoms with Crippen LogP contribution in [0.15, 0.2) is 30.3 Å². The molecule has 1 heterocycles. The number of carbonyl (C=O) groups excluding carboxylic acids is 1. The summed E-state index contributed by atoms with van der Waals surface area (Å²) in [5.74, 6) is 5.04. The fourth-order valence-electron chi connectivity index (χ4n) is 11.7. The highest BCUT2D eigenvalue weighted by Gasteiger charge is 2.60. The van der Waals surface area contributed by atoms with Gasteiger partial charge in [0.2, 0.25) is 5.91 Å². The fourth-order valence-corrected chi connectivity index (χ4v) is 11.7. The summed E-state index contributed by atoms with van der Waals surface area (Å²) in [6.07, 6.45) is 15.9. The molecule has 0 spiro atoms. The molecule has 4 heteroatoms. The van der Waals surface area contributed by atoms with Crippen LogP contribution in [0, 0.1) is 46.3 Å². The third-order valence-electron chi connectivity index (χ3n) is 14.0. The van der Waals surface area contributed by atoms with Crippen LogP contribution >= 0.6 is 0 Å². The smallest absolute Gasteiger partial charge is 0.220 e. The molecule has 1 saturated heterocycles. The van der Waals surface area contributed by atoms with Crippen LogP contribution in [0.2, 0.25) is 0 Å². The van der Waals surface area contributed by atoms with Crippen molar-refractivity contribution in [2.45, 2.75) is 117 Å². The van der Waals surface area contributed by atoms with E-state index in [-0.39, 0.29) is 12.0 Å². The highest BCUT2D eigenvalue weighted by molar-refractivity contribution is 5.75. The zero-order valence-corrected chi connectivity index (χ0v) is 26.5. The number of carbonyl (C=O) groups is 1. The maximum absolute atomic E-state index is 13.0. The van der Waals surface area contributed by atoms with E-state index in [0.29, 0.717) is 23.2 Å². The van der Waals surface area contributed by atoms with E-state index < -0.39 is 0 Å². The molecule has 0 radical (unpaired) electrons. The van der Waals surface area contributed by atoms with Gasteiger partial charge in [-0.05, 0) is 111 Å². The number of hydrogen-bond acceptors (Lipinski definition) is 2. The van der Waals surface area contributed by atoms with Crippen LogP contribution in [0.1, 0.15) is 110 Å². The first-order valence-corrected chi connectivity index (χ1v) is 17.6. The van der Waals surface area contributed by atoms with Crippen LogP contribution in [-0.4, -0.2) is 47.8 Å². The Hall–Kier alpha value is -1.39. The maximum atomic E-state index is 13.0. The van der Waals surface area contributed by atoms with Gasteiger partial charge in [0, 0.05) is 24.8 Å². The molecule has 5 aliphatic rings. The van der Waals surface area contributed by atoms with Gasteiger partial charge < -0.3 is 14.9 Å². The van der Waals surface area contributed by atoms with Crippen molar-refractivity contribution in [3.05, 3.63) is 35.9 Å². The largest absolute Gasteiger partial charge is 0.393 e. The van der Waals surface area contributed by atoms with Gasteiger partial charge in [-0.3, -0.25) is 4.79 Å². The summed E-state index contributed by atoms with van der Waals surface area (Å²) in [5.41, 5.74) is 2.34. The number of amides is 1. The van der Waals surface area contributed by atoms with Gasteiger partial charge in [0.15, 0.2) is 0 Å². The first-order chi connectivity index (χ1) is 19.7. The molecule has 4 aliphatic carbocycles. The van der Waals surface area contributed by atoms with Gasteiger partial charge in [0.1, 0.15) is 6.54 Å². The van der Waals surface area contributed by atoms with Crippen molar-refractivity contribution in [3.8, 4) is 0 Å². The van der Waals surface area contributed by atoms with E-state index >= 15 is 0 Å². The second-order valence-electron chi connectivity index (χ2n) is 16.0. The second kappa shape index (κ2) is 11.9. The van der Waals surface area contributed by atoms with Crippen molar-refractivity contribution in [1.82, 2.24) is 5.32 Å². The molecule has 228 valence electrons. The van der Waals surface area contributed by atoms with Gasteiger partial charge >= 0.3 is 0 Å². The lowest BCUT2D eigenvalue weighted by Gasteiger charge is -2.61. The molecular weight excluding hydrogens is 504 g/mol. The van der Waals surface area contributed by atoms with E-state index in [1.807, 2.05) is 0 Å². The first kappa shape index (κ1) is 29.7. The lowest BCUT2D eigenvalue weighted by molar-refractivity contribution is -0.928. The van der Waals surface area contributed by atoms with Crippen molar-refractivity contribution in [1.29, 1.82) is 0 Å². The summed E-state index contributed by atoms with van der Waals surface area (Å²) < 4.78 is 1.13. The Morgan fingerprint density at radius 2 is 1.71 bits per heavy atom. The Balaban J connectivity index is 0.993. The average Bonchev–Trinajstić information content (AvgIpc) is 3.57. The van der Waals surface area contributed by atoms with Gasteiger partial charge in [0.25, 0.3) is 0 Å². The number of nitrogens with zero attached hydrogens (tertiary/aromatic N) is 1. The summed E-state index contributed by atoms with van der Waals surface area (Å²) in [6, 6.07) is 10.9. The molecule has 6 rings (SSSR count). The van der Waals surface area contributed by atoms with E-state index in [4.69, 9.17) is 0 Å². The predicted molar refractivity (Wildman–Crippen MR) is 167 cm³/mol.